The van der Waals surface area contributed by atoms with Crippen molar-refractivity contribution in [1.29, 1.82) is 0 Å². The lowest BCUT2D eigenvalue weighted by molar-refractivity contribution is -0.141. The third-order valence-corrected chi connectivity index (χ3v) is 5.02. The SMILES string of the molecule is FC(F)(F)c1ccc2nc(C3CNC3)n(-c3ccc4c(c3)CCN4)c2n1. The number of fused-ring (bicyclic) bond motifs is 2. The molecule has 5 nitrogen and oxygen atoms in total. The zero-order chi connectivity index (χ0) is 17.9. The van der Waals surface area contributed by atoms with Crippen LogP contribution in [0, 0.1) is 0 Å². The van der Waals surface area contributed by atoms with Gasteiger partial charge in [-0.3, -0.25) is 4.57 Å². The van der Waals surface area contributed by atoms with E-state index in [1.807, 2.05) is 18.2 Å². The summed E-state index contributed by atoms with van der Waals surface area (Å²) in [6, 6.07) is 8.31. The van der Waals surface area contributed by atoms with Crippen molar-refractivity contribution in [2.45, 2.75) is 18.5 Å². The van der Waals surface area contributed by atoms with Gasteiger partial charge in [0, 0.05) is 36.9 Å². The fraction of sp³-hybridized carbons (Fsp3) is 0.333. The third-order valence-electron chi connectivity index (χ3n) is 5.02. The van der Waals surface area contributed by atoms with Crippen LogP contribution in [0.3, 0.4) is 0 Å². The number of benzene rings is 1. The maximum atomic E-state index is 13.2. The van der Waals surface area contributed by atoms with Crippen molar-refractivity contribution in [3.63, 3.8) is 0 Å². The van der Waals surface area contributed by atoms with E-state index in [1.165, 1.54) is 6.07 Å². The van der Waals surface area contributed by atoms with Crippen LogP contribution in [0.25, 0.3) is 16.9 Å². The minimum absolute atomic E-state index is 0.171. The number of anilines is 1. The molecule has 0 spiro atoms. The second kappa shape index (κ2) is 5.44. The first kappa shape index (κ1) is 15.6. The van der Waals surface area contributed by atoms with Crippen LogP contribution in [0.2, 0.25) is 0 Å². The number of halogens is 3. The maximum absolute atomic E-state index is 13.2. The van der Waals surface area contributed by atoms with Crippen LogP contribution in [-0.2, 0) is 12.6 Å². The summed E-state index contributed by atoms with van der Waals surface area (Å²) in [4.78, 5) is 8.52. The first-order valence-electron chi connectivity index (χ1n) is 8.55. The molecule has 0 amide bonds. The van der Waals surface area contributed by atoms with E-state index in [-0.39, 0.29) is 11.6 Å². The summed E-state index contributed by atoms with van der Waals surface area (Å²) in [6.45, 7) is 2.41. The Hall–Kier alpha value is -2.61. The van der Waals surface area contributed by atoms with E-state index in [9.17, 15) is 13.2 Å². The van der Waals surface area contributed by atoms with Crippen molar-refractivity contribution in [3.8, 4) is 5.69 Å². The van der Waals surface area contributed by atoms with Crippen LogP contribution >= 0.6 is 0 Å². The molecule has 1 aromatic carbocycles. The molecular formula is C18H16F3N5. The normalized spacial score (nSPS) is 17.2. The van der Waals surface area contributed by atoms with E-state index in [1.54, 1.807) is 4.57 Å². The molecule has 0 bridgehead atoms. The van der Waals surface area contributed by atoms with Crippen molar-refractivity contribution in [2.24, 2.45) is 0 Å². The lowest BCUT2D eigenvalue weighted by atomic mass is 10.0. The molecule has 0 radical (unpaired) electrons. The lowest BCUT2D eigenvalue weighted by Gasteiger charge is -2.27. The summed E-state index contributed by atoms with van der Waals surface area (Å²) in [7, 11) is 0. The molecule has 3 aromatic rings. The van der Waals surface area contributed by atoms with Gasteiger partial charge in [-0.1, -0.05) is 0 Å². The predicted molar refractivity (Wildman–Crippen MR) is 91.7 cm³/mol. The zero-order valence-corrected chi connectivity index (χ0v) is 13.8. The van der Waals surface area contributed by atoms with Gasteiger partial charge in [0.2, 0.25) is 0 Å². The Balaban J connectivity index is 1.75. The molecule has 8 heteroatoms. The quantitative estimate of drug-likeness (QED) is 0.738. The summed E-state index contributed by atoms with van der Waals surface area (Å²) in [6.07, 6.45) is -3.58. The summed E-state index contributed by atoms with van der Waals surface area (Å²) < 4.78 is 41.3. The molecule has 2 aromatic heterocycles. The molecule has 2 aliphatic rings. The Kier molecular flexibility index (Phi) is 3.27. The summed E-state index contributed by atoms with van der Waals surface area (Å²) in [5, 5.41) is 6.50. The second-order valence-electron chi connectivity index (χ2n) is 6.72. The molecule has 0 saturated carbocycles. The second-order valence-corrected chi connectivity index (χ2v) is 6.72. The van der Waals surface area contributed by atoms with E-state index in [4.69, 9.17) is 0 Å². The Morgan fingerprint density at radius 2 is 1.92 bits per heavy atom. The monoisotopic (exact) mass is 359 g/mol. The minimum atomic E-state index is -4.48. The van der Waals surface area contributed by atoms with E-state index < -0.39 is 11.9 Å². The van der Waals surface area contributed by atoms with Gasteiger partial charge in [0.25, 0.3) is 0 Å². The van der Waals surface area contributed by atoms with E-state index >= 15 is 0 Å². The van der Waals surface area contributed by atoms with Gasteiger partial charge in [-0.2, -0.15) is 13.2 Å². The molecule has 0 unspecified atom stereocenters. The first-order chi connectivity index (χ1) is 12.5. The number of hydrogen-bond acceptors (Lipinski definition) is 4. The van der Waals surface area contributed by atoms with Gasteiger partial charge in [-0.25, -0.2) is 9.97 Å². The molecule has 5 rings (SSSR count). The highest BCUT2D eigenvalue weighted by atomic mass is 19.4. The number of hydrogen-bond donors (Lipinski definition) is 2. The average molecular weight is 359 g/mol. The smallest absolute Gasteiger partial charge is 0.384 e. The fourth-order valence-corrected chi connectivity index (χ4v) is 3.56. The van der Waals surface area contributed by atoms with Gasteiger partial charge >= 0.3 is 6.18 Å². The number of alkyl halides is 3. The Bertz CT molecular complexity index is 1000. The standard InChI is InChI=1S/C18H16F3N5/c19-18(20,21)15-4-3-14-17(25-15)26(16(24-14)11-8-22-9-11)12-1-2-13-10(7-12)5-6-23-13/h1-4,7,11,22-23H,5-6,8-9H2. The zero-order valence-electron chi connectivity index (χ0n) is 13.8. The molecule has 2 aliphatic heterocycles. The average Bonchev–Trinajstić information content (AvgIpc) is 3.14. The van der Waals surface area contributed by atoms with Crippen LogP contribution in [-0.4, -0.2) is 34.2 Å². The van der Waals surface area contributed by atoms with Gasteiger partial charge in [-0.05, 0) is 42.3 Å². The van der Waals surface area contributed by atoms with Gasteiger partial charge in [0.15, 0.2) is 5.65 Å². The van der Waals surface area contributed by atoms with Crippen LogP contribution in [0.1, 0.15) is 23.0 Å². The molecular weight excluding hydrogens is 343 g/mol. The summed E-state index contributed by atoms with van der Waals surface area (Å²) in [5.41, 5.74) is 2.89. The Labute approximate surface area is 147 Å². The van der Waals surface area contributed by atoms with E-state index in [2.05, 4.69) is 20.6 Å². The van der Waals surface area contributed by atoms with Crippen LogP contribution in [0.4, 0.5) is 18.9 Å². The highest BCUT2D eigenvalue weighted by Crippen LogP contribution is 2.33. The highest BCUT2D eigenvalue weighted by molar-refractivity contribution is 5.75. The number of nitrogens with one attached hydrogen (secondary N) is 2. The summed E-state index contributed by atoms with van der Waals surface area (Å²) >= 11 is 0. The van der Waals surface area contributed by atoms with Crippen LogP contribution in [0.15, 0.2) is 30.3 Å². The lowest BCUT2D eigenvalue weighted by Crippen LogP contribution is -2.41. The van der Waals surface area contributed by atoms with Crippen molar-refractivity contribution >= 4 is 16.9 Å². The molecule has 1 fully saturated rings. The highest BCUT2D eigenvalue weighted by Gasteiger charge is 2.34. The minimum Gasteiger partial charge on any atom is -0.384 e. The van der Waals surface area contributed by atoms with Crippen molar-refractivity contribution in [3.05, 3.63) is 47.4 Å². The third kappa shape index (κ3) is 2.36. The van der Waals surface area contributed by atoms with Gasteiger partial charge in [-0.15, -0.1) is 0 Å². The molecule has 26 heavy (non-hydrogen) atoms. The van der Waals surface area contributed by atoms with Crippen molar-refractivity contribution in [2.75, 3.05) is 25.0 Å². The first-order valence-corrected chi connectivity index (χ1v) is 8.55. The van der Waals surface area contributed by atoms with E-state index in [0.29, 0.717) is 5.52 Å². The molecule has 134 valence electrons. The van der Waals surface area contributed by atoms with Crippen LogP contribution < -0.4 is 10.6 Å². The number of imidazole rings is 1. The number of aromatic nitrogens is 3. The van der Waals surface area contributed by atoms with Crippen molar-refractivity contribution < 1.29 is 13.2 Å². The largest absolute Gasteiger partial charge is 0.433 e. The van der Waals surface area contributed by atoms with Gasteiger partial charge < -0.3 is 10.6 Å². The molecule has 0 aliphatic carbocycles. The van der Waals surface area contributed by atoms with Crippen LogP contribution in [0.5, 0.6) is 0 Å². The maximum Gasteiger partial charge on any atom is 0.433 e. The Morgan fingerprint density at radius 3 is 2.65 bits per heavy atom. The number of pyridine rings is 1. The molecule has 2 N–H and O–H groups in total. The van der Waals surface area contributed by atoms with Crippen molar-refractivity contribution in [1.82, 2.24) is 19.9 Å². The molecule has 1 saturated heterocycles. The predicted octanol–water partition coefficient (Wildman–Crippen LogP) is 3.09. The molecule has 4 heterocycles. The number of nitrogens with zero attached hydrogens (tertiary/aromatic N) is 3. The van der Waals surface area contributed by atoms with Gasteiger partial charge in [0.1, 0.15) is 17.0 Å². The number of rotatable bonds is 2. The fourth-order valence-electron chi connectivity index (χ4n) is 3.56. The van der Waals surface area contributed by atoms with Gasteiger partial charge in [0.05, 0.1) is 0 Å². The Morgan fingerprint density at radius 1 is 1.08 bits per heavy atom. The topological polar surface area (TPSA) is 54.8 Å². The summed E-state index contributed by atoms with van der Waals surface area (Å²) in [5.74, 6) is 0.932. The molecule has 0 atom stereocenters. The van der Waals surface area contributed by atoms with E-state index in [0.717, 1.165) is 54.9 Å².